The molecule has 1 aliphatic carbocycles. The van der Waals surface area contributed by atoms with Crippen molar-refractivity contribution in [3.63, 3.8) is 0 Å². The lowest BCUT2D eigenvalue weighted by atomic mass is 10.0. The van der Waals surface area contributed by atoms with E-state index in [9.17, 15) is 0 Å². The number of aryl methyl sites for hydroxylation is 2. The third-order valence-electron chi connectivity index (χ3n) is 4.43. The van der Waals surface area contributed by atoms with Crippen LogP contribution in [0.3, 0.4) is 0 Å². The molecule has 2 unspecified atom stereocenters. The van der Waals surface area contributed by atoms with Gasteiger partial charge in [0.25, 0.3) is 0 Å². The molecule has 1 aliphatic heterocycles. The smallest absolute Gasteiger partial charge is 0.0779 e. The Hall–Kier alpha value is -1.22. The summed E-state index contributed by atoms with van der Waals surface area (Å²) in [7, 11) is 0. The number of anilines is 2. The van der Waals surface area contributed by atoms with E-state index in [0.717, 1.165) is 18.8 Å². The fourth-order valence-electron chi connectivity index (χ4n) is 3.30. The number of morpholine rings is 1. The summed E-state index contributed by atoms with van der Waals surface area (Å²) in [5.74, 6) is 0. The van der Waals surface area contributed by atoms with Gasteiger partial charge in [-0.15, -0.1) is 0 Å². The van der Waals surface area contributed by atoms with Crippen LogP contribution in [-0.2, 0) is 4.74 Å². The van der Waals surface area contributed by atoms with E-state index in [2.05, 4.69) is 30.9 Å². The average Bonchev–Trinajstić information content (AvgIpc) is 2.82. The number of rotatable bonds is 1. The van der Waals surface area contributed by atoms with Crippen molar-refractivity contribution in [2.24, 2.45) is 0 Å². The van der Waals surface area contributed by atoms with Gasteiger partial charge < -0.3 is 15.4 Å². The molecule has 1 aromatic carbocycles. The molecule has 1 saturated heterocycles. The molecule has 3 heteroatoms. The van der Waals surface area contributed by atoms with Crippen molar-refractivity contribution in [1.82, 2.24) is 0 Å². The van der Waals surface area contributed by atoms with Crippen LogP contribution in [0.4, 0.5) is 11.4 Å². The first-order chi connectivity index (χ1) is 8.66. The van der Waals surface area contributed by atoms with E-state index in [4.69, 9.17) is 10.5 Å². The highest BCUT2D eigenvalue weighted by atomic mass is 16.5. The molecule has 3 rings (SSSR count). The number of nitrogens with zero attached hydrogens (tertiary/aromatic N) is 1. The summed E-state index contributed by atoms with van der Waals surface area (Å²) in [6, 6.07) is 4.87. The van der Waals surface area contributed by atoms with E-state index in [1.165, 1.54) is 36.1 Å². The van der Waals surface area contributed by atoms with Crippen molar-refractivity contribution in [2.75, 3.05) is 23.8 Å². The zero-order chi connectivity index (χ0) is 12.7. The Labute approximate surface area is 109 Å². The number of nitrogens with two attached hydrogens (primary N) is 1. The highest BCUT2D eigenvalue weighted by Crippen LogP contribution is 2.36. The minimum absolute atomic E-state index is 0.416. The van der Waals surface area contributed by atoms with Crippen LogP contribution in [0, 0.1) is 13.8 Å². The number of hydrogen-bond donors (Lipinski definition) is 1. The maximum atomic E-state index is 6.22. The summed E-state index contributed by atoms with van der Waals surface area (Å²) < 4.78 is 5.86. The second-order valence-corrected chi connectivity index (χ2v) is 5.60. The van der Waals surface area contributed by atoms with E-state index in [1.807, 2.05) is 0 Å². The lowest BCUT2D eigenvalue weighted by molar-refractivity contribution is 0.0257. The Kier molecular flexibility index (Phi) is 2.94. The van der Waals surface area contributed by atoms with Crippen molar-refractivity contribution in [1.29, 1.82) is 0 Å². The molecular formula is C15H22N2O. The van der Waals surface area contributed by atoms with E-state index in [0.29, 0.717) is 12.1 Å². The highest BCUT2D eigenvalue weighted by molar-refractivity contribution is 5.70. The Bertz CT molecular complexity index is 458. The van der Waals surface area contributed by atoms with Gasteiger partial charge in [0, 0.05) is 6.54 Å². The summed E-state index contributed by atoms with van der Waals surface area (Å²) in [4.78, 5) is 2.48. The quantitative estimate of drug-likeness (QED) is 0.774. The maximum Gasteiger partial charge on any atom is 0.0779 e. The fraction of sp³-hybridized carbons (Fsp3) is 0.600. The van der Waals surface area contributed by atoms with Crippen LogP contribution < -0.4 is 10.6 Å². The summed E-state index contributed by atoms with van der Waals surface area (Å²) in [6.45, 7) is 6.07. The summed E-state index contributed by atoms with van der Waals surface area (Å²) in [5.41, 5.74) is 10.9. The Morgan fingerprint density at radius 2 is 2.00 bits per heavy atom. The third-order valence-corrected chi connectivity index (χ3v) is 4.43. The molecule has 2 fully saturated rings. The van der Waals surface area contributed by atoms with Crippen molar-refractivity contribution >= 4 is 11.4 Å². The van der Waals surface area contributed by atoms with Crippen LogP contribution in [0.2, 0.25) is 0 Å². The van der Waals surface area contributed by atoms with E-state index < -0.39 is 0 Å². The second-order valence-electron chi connectivity index (χ2n) is 5.60. The summed E-state index contributed by atoms with van der Waals surface area (Å²) >= 11 is 0. The topological polar surface area (TPSA) is 38.5 Å². The molecule has 1 heterocycles. The van der Waals surface area contributed by atoms with Crippen molar-refractivity contribution < 1.29 is 4.74 Å². The zero-order valence-electron chi connectivity index (χ0n) is 11.3. The molecule has 2 atom stereocenters. The molecule has 1 aromatic rings. The normalized spacial score (nSPS) is 27.3. The lowest BCUT2D eigenvalue weighted by Gasteiger charge is -2.40. The summed E-state index contributed by atoms with van der Waals surface area (Å²) in [5, 5.41) is 0. The van der Waals surface area contributed by atoms with E-state index in [1.54, 1.807) is 0 Å². The number of benzene rings is 1. The minimum atomic E-state index is 0.416. The predicted octanol–water partition coefficient (Wildman–Crippen LogP) is 2.64. The molecule has 1 saturated carbocycles. The third kappa shape index (κ3) is 1.87. The van der Waals surface area contributed by atoms with Crippen LogP contribution in [-0.4, -0.2) is 25.3 Å². The van der Waals surface area contributed by atoms with Crippen LogP contribution >= 0.6 is 0 Å². The van der Waals surface area contributed by atoms with Crippen LogP contribution in [0.25, 0.3) is 0 Å². The Morgan fingerprint density at radius 1 is 1.22 bits per heavy atom. The Balaban J connectivity index is 1.96. The largest absolute Gasteiger partial charge is 0.397 e. The highest BCUT2D eigenvalue weighted by Gasteiger charge is 2.36. The van der Waals surface area contributed by atoms with Crippen LogP contribution in [0.1, 0.15) is 30.4 Å². The summed E-state index contributed by atoms with van der Waals surface area (Å²) in [6.07, 6.45) is 4.12. The van der Waals surface area contributed by atoms with Gasteiger partial charge in [-0.05, 0) is 56.4 Å². The number of nitrogen functional groups attached to an aromatic ring is 1. The first-order valence-corrected chi connectivity index (χ1v) is 6.92. The molecule has 0 amide bonds. The van der Waals surface area contributed by atoms with Gasteiger partial charge >= 0.3 is 0 Å². The van der Waals surface area contributed by atoms with Crippen molar-refractivity contribution in [2.45, 2.75) is 45.3 Å². The number of hydrogen-bond acceptors (Lipinski definition) is 3. The molecular weight excluding hydrogens is 224 g/mol. The zero-order valence-corrected chi connectivity index (χ0v) is 11.3. The lowest BCUT2D eigenvalue weighted by Crippen LogP contribution is -2.48. The molecule has 2 N–H and O–H groups in total. The van der Waals surface area contributed by atoms with Gasteiger partial charge in [-0.2, -0.15) is 0 Å². The van der Waals surface area contributed by atoms with Gasteiger partial charge in [0.05, 0.1) is 30.1 Å². The van der Waals surface area contributed by atoms with Gasteiger partial charge in [-0.3, -0.25) is 0 Å². The standard InChI is InChI=1S/C15H22N2O/c1-10-8-12(16)14(9-11(10)2)17-6-7-18-15-5-3-4-13(15)17/h8-9,13,15H,3-7,16H2,1-2H3. The number of fused-ring (bicyclic) bond motifs is 1. The van der Waals surface area contributed by atoms with Gasteiger partial charge in [-0.1, -0.05) is 0 Å². The SMILES string of the molecule is Cc1cc(N)c(N2CCOC3CCCC32)cc1C. The molecule has 2 aliphatic rings. The van der Waals surface area contributed by atoms with E-state index in [-0.39, 0.29) is 0 Å². The molecule has 0 bridgehead atoms. The molecule has 18 heavy (non-hydrogen) atoms. The maximum absolute atomic E-state index is 6.22. The minimum Gasteiger partial charge on any atom is -0.397 e. The first-order valence-electron chi connectivity index (χ1n) is 6.92. The van der Waals surface area contributed by atoms with E-state index >= 15 is 0 Å². The van der Waals surface area contributed by atoms with Crippen molar-refractivity contribution in [3.05, 3.63) is 23.3 Å². The first kappa shape index (κ1) is 11.8. The Morgan fingerprint density at radius 3 is 2.83 bits per heavy atom. The van der Waals surface area contributed by atoms with Gasteiger partial charge in [0.1, 0.15) is 0 Å². The molecule has 0 radical (unpaired) electrons. The van der Waals surface area contributed by atoms with Gasteiger partial charge in [-0.25, -0.2) is 0 Å². The molecule has 0 spiro atoms. The van der Waals surface area contributed by atoms with Gasteiger partial charge in [0.15, 0.2) is 0 Å². The molecule has 0 aromatic heterocycles. The number of ether oxygens (including phenoxy) is 1. The second kappa shape index (κ2) is 4.47. The van der Waals surface area contributed by atoms with Crippen LogP contribution in [0.15, 0.2) is 12.1 Å². The van der Waals surface area contributed by atoms with Gasteiger partial charge in [0.2, 0.25) is 0 Å². The van der Waals surface area contributed by atoms with Crippen LogP contribution in [0.5, 0.6) is 0 Å². The fourth-order valence-corrected chi connectivity index (χ4v) is 3.30. The monoisotopic (exact) mass is 246 g/mol. The molecule has 3 nitrogen and oxygen atoms in total. The van der Waals surface area contributed by atoms with Crippen molar-refractivity contribution in [3.8, 4) is 0 Å². The average molecular weight is 246 g/mol. The molecule has 98 valence electrons. The predicted molar refractivity (Wildman–Crippen MR) is 75.1 cm³/mol.